The maximum absolute atomic E-state index is 14.2. The van der Waals surface area contributed by atoms with Gasteiger partial charge in [0.15, 0.2) is 10.9 Å². The molecular formula is C23H29ClF2N4OS. The monoisotopic (exact) mass is 482 g/mol. The number of hydrogen-bond acceptors (Lipinski definition) is 5. The van der Waals surface area contributed by atoms with E-state index >= 15 is 0 Å². The lowest BCUT2D eigenvalue weighted by molar-refractivity contribution is 0.0986. The fourth-order valence-corrected chi connectivity index (χ4v) is 4.48. The molecule has 0 aliphatic heterocycles. The molecule has 3 rings (SSSR count). The molecule has 0 radical (unpaired) electrons. The van der Waals surface area contributed by atoms with Gasteiger partial charge in [0.1, 0.15) is 11.3 Å². The third-order valence-corrected chi connectivity index (χ3v) is 6.13. The number of rotatable bonds is 9. The Morgan fingerprint density at radius 2 is 1.69 bits per heavy atom. The summed E-state index contributed by atoms with van der Waals surface area (Å²) in [6, 6.07) is 9.55. The van der Waals surface area contributed by atoms with Gasteiger partial charge in [0.05, 0.1) is 4.70 Å². The Bertz CT molecular complexity index is 1040. The second-order valence-corrected chi connectivity index (χ2v) is 8.57. The number of fused-ring (bicyclic) bond motifs is 1. The van der Waals surface area contributed by atoms with Crippen LogP contribution >= 0.6 is 23.7 Å². The summed E-state index contributed by atoms with van der Waals surface area (Å²) in [7, 11) is 3.93. The molecule has 1 heterocycles. The molecule has 9 heteroatoms. The first-order valence-corrected chi connectivity index (χ1v) is 11.2. The first kappa shape index (κ1) is 26.0. The normalized spacial score (nSPS) is 11.0. The Morgan fingerprint density at radius 1 is 1.03 bits per heavy atom. The lowest BCUT2D eigenvalue weighted by Gasteiger charge is -2.23. The zero-order valence-electron chi connectivity index (χ0n) is 18.8. The fraction of sp³-hybridized carbons (Fsp3) is 0.391. The molecule has 0 N–H and O–H groups in total. The van der Waals surface area contributed by atoms with E-state index in [-0.39, 0.29) is 23.8 Å². The second kappa shape index (κ2) is 11.5. The number of nitrogens with zero attached hydrogens (tertiary/aromatic N) is 4. The summed E-state index contributed by atoms with van der Waals surface area (Å²) in [4.78, 5) is 23.5. The van der Waals surface area contributed by atoms with Gasteiger partial charge in [-0.15, -0.1) is 12.4 Å². The number of benzene rings is 2. The van der Waals surface area contributed by atoms with Crippen LogP contribution in [0.25, 0.3) is 10.2 Å². The van der Waals surface area contributed by atoms with Crippen LogP contribution in [0.4, 0.5) is 19.6 Å². The summed E-state index contributed by atoms with van der Waals surface area (Å²) < 4.78 is 28.2. The summed E-state index contributed by atoms with van der Waals surface area (Å²) in [6.07, 6.45) is 0.725. The van der Waals surface area contributed by atoms with Crippen molar-refractivity contribution in [2.45, 2.75) is 20.3 Å². The highest BCUT2D eigenvalue weighted by Gasteiger charge is 2.22. The molecule has 0 aliphatic rings. The maximum Gasteiger partial charge on any atom is 0.260 e. The summed E-state index contributed by atoms with van der Waals surface area (Å²) in [5.74, 6) is -1.58. The smallest absolute Gasteiger partial charge is 0.260 e. The van der Waals surface area contributed by atoms with Crippen molar-refractivity contribution >= 4 is 50.7 Å². The summed E-state index contributed by atoms with van der Waals surface area (Å²) in [5, 5.41) is 0.371. The highest BCUT2D eigenvalue weighted by molar-refractivity contribution is 7.22. The molecule has 0 aliphatic carbocycles. The number of hydrogen-bond donors (Lipinski definition) is 0. The van der Waals surface area contributed by atoms with E-state index in [2.05, 4.69) is 23.7 Å². The third kappa shape index (κ3) is 5.94. The molecule has 3 aromatic rings. The van der Waals surface area contributed by atoms with Crippen molar-refractivity contribution in [1.82, 2.24) is 9.88 Å². The van der Waals surface area contributed by atoms with E-state index in [0.29, 0.717) is 21.9 Å². The summed E-state index contributed by atoms with van der Waals surface area (Å²) in [5.41, 5.74) is 1.67. The van der Waals surface area contributed by atoms with Crippen LogP contribution in [0.1, 0.15) is 30.6 Å². The number of thiazole rings is 1. The van der Waals surface area contributed by atoms with Crippen LogP contribution in [0.3, 0.4) is 0 Å². The average Bonchev–Trinajstić information content (AvgIpc) is 3.16. The zero-order valence-corrected chi connectivity index (χ0v) is 20.4. The molecule has 0 spiro atoms. The van der Waals surface area contributed by atoms with Crippen molar-refractivity contribution in [2.75, 3.05) is 50.1 Å². The van der Waals surface area contributed by atoms with Gasteiger partial charge in [-0.25, -0.2) is 13.8 Å². The molecule has 1 aromatic heterocycles. The molecule has 1 amide bonds. The number of carbonyl (C=O) groups excluding carboxylic acids is 1. The van der Waals surface area contributed by atoms with E-state index in [9.17, 15) is 13.6 Å². The molecule has 32 heavy (non-hydrogen) atoms. The average molecular weight is 483 g/mol. The molecule has 0 saturated carbocycles. The van der Waals surface area contributed by atoms with E-state index in [1.54, 1.807) is 4.90 Å². The largest absolute Gasteiger partial charge is 0.372 e. The minimum absolute atomic E-state index is 0. The highest BCUT2D eigenvalue weighted by Crippen LogP contribution is 2.32. The lowest BCUT2D eigenvalue weighted by atomic mass is 10.1. The molecule has 2 aromatic carbocycles. The number of carbonyl (C=O) groups is 1. The van der Waals surface area contributed by atoms with Crippen LogP contribution in [0.2, 0.25) is 0 Å². The van der Waals surface area contributed by atoms with Gasteiger partial charge < -0.3 is 9.80 Å². The Balaban J connectivity index is 0.00000363. The molecule has 0 unspecified atom stereocenters. The van der Waals surface area contributed by atoms with E-state index in [0.717, 1.165) is 49.1 Å². The molecule has 0 atom stereocenters. The minimum Gasteiger partial charge on any atom is -0.372 e. The van der Waals surface area contributed by atoms with E-state index in [1.165, 1.54) is 6.07 Å². The number of aromatic nitrogens is 1. The predicted octanol–water partition coefficient (Wildman–Crippen LogP) is 5.44. The number of halogens is 3. The third-order valence-electron chi connectivity index (χ3n) is 5.11. The molecule has 174 valence electrons. The molecule has 0 fully saturated rings. The Kier molecular flexibility index (Phi) is 9.36. The van der Waals surface area contributed by atoms with Gasteiger partial charge in [-0.3, -0.25) is 9.69 Å². The van der Waals surface area contributed by atoms with Crippen LogP contribution in [-0.2, 0) is 0 Å². The summed E-state index contributed by atoms with van der Waals surface area (Å²) >= 11 is 1.12. The van der Waals surface area contributed by atoms with Crippen molar-refractivity contribution in [2.24, 2.45) is 0 Å². The van der Waals surface area contributed by atoms with Gasteiger partial charge in [-0.1, -0.05) is 11.3 Å². The number of amides is 1. The van der Waals surface area contributed by atoms with Crippen molar-refractivity contribution in [3.05, 3.63) is 53.6 Å². The van der Waals surface area contributed by atoms with Crippen LogP contribution < -0.4 is 9.80 Å². The summed E-state index contributed by atoms with van der Waals surface area (Å²) in [6.45, 7) is 7.16. The first-order chi connectivity index (χ1) is 14.8. The van der Waals surface area contributed by atoms with Crippen LogP contribution in [-0.4, -0.2) is 56.1 Å². The Hall–Kier alpha value is -2.29. The standard InChI is InChI=1S/C23H28F2N4OS.ClH/c1-5-28(6-2)18-10-8-16(9-11-18)22(30)29(13-7-12-27(3)4)23-26-21-19(25)14-17(24)15-20(21)31-23;/h8-11,14-15H,5-7,12-13H2,1-4H3;1H. The predicted molar refractivity (Wildman–Crippen MR) is 132 cm³/mol. The molecule has 0 saturated heterocycles. The first-order valence-electron chi connectivity index (χ1n) is 10.4. The van der Waals surface area contributed by atoms with Gasteiger partial charge in [0.25, 0.3) is 5.91 Å². The quantitative estimate of drug-likeness (QED) is 0.407. The fourth-order valence-electron chi connectivity index (χ4n) is 3.45. The van der Waals surface area contributed by atoms with Crippen molar-refractivity contribution in [3.8, 4) is 0 Å². The van der Waals surface area contributed by atoms with E-state index in [1.807, 2.05) is 43.3 Å². The minimum atomic E-state index is -0.721. The SMILES string of the molecule is CCN(CC)c1ccc(C(=O)N(CCCN(C)C)c2nc3c(F)cc(F)cc3s2)cc1.Cl. The lowest BCUT2D eigenvalue weighted by Crippen LogP contribution is -2.33. The van der Waals surface area contributed by atoms with E-state index in [4.69, 9.17) is 0 Å². The second-order valence-electron chi connectivity index (χ2n) is 7.56. The van der Waals surface area contributed by atoms with Crippen molar-refractivity contribution in [1.29, 1.82) is 0 Å². The van der Waals surface area contributed by atoms with Gasteiger partial charge in [-0.2, -0.15) is 0 Å². The van der Waals surface area contributed by atoms with E-state index < -0.39 is 11.6 Å². The molecule has 0 bridgehead atoms. The van der Waals surface area contributed by atoms with Gasteiger partial charge in [0, 0.05) is 37.0 Å². The highest BCUT2D eigenvalue weighted by atomic mass is 35.5. The van der Waals surface area contributed by atoms with Crippen LogP contribution in [0, 0.1) is 11.6 Å². The van der Waals surface area contributed by atoms with Crippen LogP contribution in [0.15, 0.2) is 36.4 Å². The van der Waals surface area contributed by atoms with Crippen molar-refractivity contribution in [3.63, 3.8) is 0 Å². The molecule has 5 nitrogen and oxygen atoms in total. The van der Waals surface area contributed by atoms with Gasteiger partial charge in [0.2, 0.25) is 0 Å². The van der Waals surface area contributed by atoms with Gasteiger partial charge in [-0.05, 0) is 71.2 Å². The topological polar surface area (TPSA) is 39.7 Å². The van der Waals surface area contributed by atoms with Crippen molar-refractivity contribution < 1.29 is 13.6 Å². The molecular weight excluding hydrogens is 454 g/mol. The Labute approximate surface area is 198 Å². The number of anilines is 2. The zero-order chi connectivity index (χ0) is 22.5. The van der Waals surface area contributed by atoms with Crippen LogP contribution in [0.5, 0.6) is 0 Å². The Morgan fingerprint density at radius 3 is 2.28 bits per heavy atom. The van der Waals surface area contributed by atoms with Gasteiger partial charge >= 0.3 is 0 Å². The maximum atomic E-state index is 14.2.